The third kappa shape index (κ3) is 3.95. The second-order valence-corrected chi connectivity index (χ2v) is 6.46. The molecule has 0 aromatic heterocycles. The molecule has 24 heavy (non-hydrogen) atoms. The highest BCUT2D eigenvalue weighted by Crippen LogP contribution is 2.23. The molecule has 2 N–H and O–H groups in total. The summed E-state index contributed by atoms with van der Waals surface area (Å²) in [4.78, 5) is 14.2. The first-order valence-corrected chi connectivity index (χ1v) is 8.53. The van der Waals surface area contributed by atoms with Crippen molar-refractivity contribution in [3.63, 3.8) is 0 Å². The van der Waals surface area contributed by atoms with Crippen molar-refractivity contribution in [2.24, 2.45) is 5.92 Å². The first-order valence-electron chi connectivity index (χ1n) is 8.53. The summed E-state index contributed by atoms with van der Waals surface area (Å²) >= 11 is 0. The number of urea groups is 1. The van der Waals surface area contributed by atoms with Crippen LogP contribution in [-0.4, -0.2) is 35.2 Å². The van der Waals surface area contributed by atoms with Crippen molar-refractivity contribution >= 4 is 11.7 Å². The Balaban J connectivity index is 1.62. The van der Waals surface area contributed by atoms with E-state index in [0.717, 1.165) is 36.2 Å². The van der Waals surface area contributed by atoms with Gasteiger partial charge in [-0.3, -0.25) is 0 Å². The Morgan fingerprint density at radius 1 is 1.12 bits per heavy atom. The van der Waals surface area contributed by atoms with Crippen LogP contribution < -0.4 is 5.32 Å². The summed E-state index contributed by atoms with van der Waals surface area (Å²) in [5, 5.41) is 12.7. The topological polar surface area (TPSA) is 52.6 Å². The average Bonchev–Trinajstić information content (AvgIpc) is 2.63. The normalized spacial score (nSPS) is 18.9. The fourth-order valence-electron chi connectivity index (χ4n) is 3.17. The van der Waals surface area contributed by atoms with Gasteiger partial charge in [-0.1, -0.05) is 42.5 Å². The zero-order valence-electron chi connectivity index (χ0n) is 14.0. The predicted molar refractivity (Wildman–Crippen MR) is 96.9 cm³/mol. The number of piperidine rings is 1. The van der Waals surface area contributed by atoms with Crippen molar-refractivity contribution in [1.29, 1.82) is 0 Å². The van der Waals surface area contributed by atoms with E-state index >= 15 is 0 Å². The Morgan fingerprint density at radius 3 is 2.46 bits per heavy atom. The second kappa shape index (κ2) is 7.49. The zero-order valence-corrected chi connectivity index (χ0v) is 14.0. The zero-order chi connectivity index (χ0) is 16.9. The number of nitrogens with zero attached hydrogens (tertiary/aromatic N) is 1. The first kappa shape index (κ1) is 16.5. The molecule has 2 atom stereocenters. The van der Waals surface area contributed by atoms with Gasteiger partial charge in [0.1, 0.15) is 0 Å². The highest BCUT2D eigenvalue weighted by molar-refractivity contribution is 5.89. The molecule has 2 aromatic rings. The Morgan fingerprint density at radius 2 is 1.79 bits per heavy atom. The van der Waals surface area contributed by atoms with Crippen LogP contribution >= 0.6 is 0 Å². The van der Waals surface area contributed by atoms with E-state index in [2.05, 4.69) is 17.4 Å². The minimum Gasteiger partial charge on any atom is -0.393 e. The van der Waals surface area contributed by atoms with Gasteiger partial charge in [-0.05, 0) is 43.0 Å². The quantitative estimate of drug-likeness (QED) is 0.897. The molecule has 0 radical (unpaired) electrons. The van der Waals surface area contributed by atoms with E-state index < -0.39 is 0 Å². The van der Waals surface area contributed by atoms with Gasteiger partial charge in [0.05, 0.1) is 6.10 Å². The number of benzene rings is 2. The maximum Gasteiger partial charge on any atom is 0.321 e. The Hall–Kier alpha value is -2.33. The molecule has 0 saturated carbocycles. The van der Waals surface area contributed by atoms with Crippen LogP contribution in [0.5, 0.6) is 0 Å². The molecule has 2 amide bonds. The molecule has 2 unspecified atom stereocenters. The lowest BCUT2D eigenvalue weighted by molar-refractivity contribution is 0.0766. The molecule has 2 aromatic carbocycles. The van der Waals surface area contributed by atoms with Crippen LogP contribution in [0.25, 0.3) is 11.1 Å². The summed E-state index contributed by atoms with van der Waals surface area (Å²) in [6.07, 6.45) is 1.55. The number of amides is 2. The highest BCUT2D eigenvalue weighted by Gasteiger charge is 2.26. The molecular weight excluding hydrogens is 300 g/mol. The minimum atomic E-state index is -0.370. The van der Waals surface area contributed by atoms with Crippen LogP contribution in [-0.2, 0) is 0 Å². The van der Waals surface area contributed by atoms with Crippen LogP contribution in [0.3, 0.4) is 0 Å². The summed E-state index contributed by atoms with van der Waals surface area (Å²) in [6.45, 7) is 3.16. The number of nitrogens with one attached hydrogen (secondary N) is 1. The van der Waals surface area contributed by atoms with E-state index in [1.165, 1.54) is 0 Å². The van der Waals surface area contributed by atoms with E-state index in [4.69, 9.17) is 0 Å². The van der Waals surface area contributed by atoms with Crippen LogP contribution in [0, 0.1) is 5.92 Å². The van der Waals surface area contributed by atoms with Crippen molar-refractivity contribution in [2.45, 2.75) is 25.9 Å². The largest absolute Gasteiger partial charge is 0.393 e. The van der Waals surface area contributed by atoms with Gasteiger partial charge in [0.15, 0.2) is 0 Å². The first-order chi connectivity index (χ1) is 11.6. The van der Waals surface area contributed by atoms with E-state index in [0.29, 0.717) is 6.54 Å². The second-order valence-electron chi connectivity index (χ2n) is 6.46. The third-order valence-corrected chi connectivity index (χ3v) is 4.67. The van der Waals surface area contributed by atoms with Gasteiger partial charge in [0, 0.05) is 24.7 Å². The van der Waals surface area contributed by atoms with E-state index in [1.807, 2.05) is 42.5 Å². The van der Waals surface area contributed by atoms with E-state index in [1.54, 1.807) is 11.8 Å². The molecule has 3 rings (SSSR count). The average molecular weight is 324 g/mol. The number of carbonyl (C=O) groups excluding carboxylic acids is 1. The van der Waals surface area contributed by atoms with Crippen LogP contribution in [0.2, 0.25) is 0 Å². The van der Waals surface area contributed by atoms with Gasteiger partial charge in [0.2, 0.25) is 0 Å². The van der Waals surface area contributed by atoms with Crippen LogP contribution in [0.15, 0.2) is 54.6 Å². The van der Waals surface area contributed by atoms with Gasteiger partial charge < -0.3 is 15.3 Å². The standard InChI is InChI=1S/C20H24N2O2/c1-15(23)18-8-5-13-22(14-18)20(24)21-19-11-9-17(10-12-19)16-6-3-2-4-7-16/h2-4,6-7,9-12,15,18,23H,5,8,13-14H2,1H3,(H,21,24). The molecule has 4 nitrogen and oxygen atoms in total. The van der Waals surface area contributed by atoms with Crippen LogP contribution in [0.4, 0.5) is 10.5 Å². The predicted octanol–water partition coefficient (Wildman–Crippen LogP) is 3.98. The fraction of sp³-hybridized carbons (Fsp3) is 0.350. The molecule has 0 bridgehead atoms. The molecule has 0 aliphatic carbocycles. The van der Waals surface area contributed by atoms with Gasteiger partial charge in [-0.2, -0.15) is 0 Å². The molecule has 1 heterocycles. The number of carbonyl (C=O) groups is 1. The van der Waals surface area contributed by atoms with Gasteiger partial charge >= 0.3 is 6.03 Å². The number of hydrogen-bond acceptors (Lipinski definition) is 2. The number of aliphatic hydroxyl groups is 1. The van der Waals surface area contributed by atoms with Crippen molar-refractivity contribution in [2.75, 3.05) is 18.4 Å². The minimum absolute atomic E-state index is 0.0900. The number of aliphatic hydroxyl groups excluding tert-OH is 1. The lowest BCUT2D eigenvalue weighted by atomic mass is 9.94. The van der Waals surface area contributed by atoms with Crippen LogP contribution in [0.1, 0.15) is 19.8 Å². The SMILES string of the molecule is CC(O)C1CCCN(C(=O)Nc2ccc(-c3ccccc3)cc2)C1. The molecular formula is C20H24N2O2. The smallest absolute Gasteiger partial charge is 0.321 e. The maximum absolute atomic E-state index is 12.4. The summed E-state index contributed by atoms with van der Waals surface area (Å²) < 4.78 is 0. The Kier molecular flexibility index (Phi) is 5.16. The number of likely N-dealkylation sites (tertiary alicyclic amines) is 1. The Labute approximate surface area is 143 Å². The van der Waals surface area contributed by atoms with Crippen molar-refractivity contribution in [3.8, 4) is 11.1 Å². The lowest BCUT2D eigenvalue weighted by Crippen LogP contribution is -2.44. The summed E-state index contributed by atoms with van der Waals surface area (Å²) in [7, 11) is 0. The number of rotatable bonds is 3. The van der Waals surface area contributed by atoms with Gasteiger partial charge in [-0.15, -0.1) is 0 Å². The Bertz CT molecular complexity index is 668. The molecule has 1 fully saturated rings. The molecule has 1 aliphatic heterocycles. The molecule has 0 spiro atoms. The molecule has 1 aliphatic rings. The van der Waals surface area contributed by atoms with Crippen molar-refractivity contribution in [3.05, 3.63) is 54.6 Å². The molecule has 1 saturated heterocycles. The maximum atomic E-state index is 12.4. The fourth-order valence-corrected chi connectivity index (χ4v) is 3.17. The van der Waals surface area contributed by atoms with Crippen molar-refractivity contribution in [1.82, 2.24) is 4.90 Å². The number of anilines is 1. The van der Waals surface area contributed by atoms with Gasteiger partial charge in [-0.25, -0.2) is 4.79 Å². The summed E-state index contributed by atoms with van der Waals surface area (Å²) in [5.74, 6) is 0.171. The number of hydrogen-bond donors (Lipinski definition) is 2. The van der Waals surface area contributed by atoms with Gasteiger partial charge in [0.25, 0.3) is 0 Å². The molecule has 4 heteroatoms. The highest BCUT2D eigenvalue weighted by atomic mass is 16.3. The molecule has 126 valence electrons. The summed E-state index contributed by atoms with van der Waals surface area (Å²) in [6, 6.07) is 17.9. The van der Waals surface area contributed by atoms with E-state index in [-0.39, 0.29) is 18.1 Å². The summed E-state index contributed by atoms with van der Waals surface area (Å²) in [5.41, 5.74) is 3.07. The van der Waals surface area contributed by atoms with Crippen molar-refractivity contribution < 1.29 is 9.90 Å². The monoisotopic (exact) mass is 324 g/mol. The third-order valence-electron chi connectivity index (χ3n) is 4.67. The van der Waals surface area contributed by atoms with E-state index in [9.17, 15) is 9.90 Å². The lowest BCUT2D eigenvalue weighted by Gasteiger charge is -2.34.